The number of alkyl halides is 1. The van der Waals surface area contributed by atoms with E-state index in [-0.39, 0.29) is 0 Å². The third-order valence-corrected chi connectivity index (χ3v) is 2.20. The third kappa shape index (κ3) is 6.86. The number of esters is 1. The molecule has 1 unspecified atom stereocenters. The fourth-order valence-electron chi connectivity index (χ4n) is 0.950. The molecule has 0 heterocycles. The summed E-state index contributed by atoms with van der Waals surface area (Å²) in [5.74, 6) is -0.456. The summed E-state index contributed by atoms with van der Waals surface area (Å²) in [6.45, 7) is 5.29. The Hall–Kier alpha value is -0.530. The van der Waals surface area contributed by atoms with Crippen LogP contribution in [-0.4, -0.2) is 35.2 Å². The average molecular weight is 343 g/mol. The van der Waals surface area contributed by atoms with E-state index < -0.39 is 23.7 Å². The second-order valence-electron chi connectivity index (χ2n) is 4.20. The summed E-state index contributed by atoms with van der Waals surface area (Å²) in [4.78, 5) is 22.7. The molecule has 0 aliphatic heterocycles. The van der Waals surface area contributed by atoms with Crippen LogP contribution in [0.4, 0.5) is 4.79 Å². The molecule has 16 heavy (non-hydrogen) atoms. The fourth-order valence-corrected chi connectivity index (χ4v) is 1.57. The van der Waals surface area contributed by atoms with Crippen molar-refractivity contribution in [2.45, 2.75) is 38.8 Å². The number of methoxy groups -OCH3 is 1. The normalized spacial score (nSPS) is 12.8. The number of rotatable bonds is 4. The summed E-state index contributed by atoms with van der Waals surface area (Å²) in [7, 11) is 1.29. The van der Waals surface area contributed by atoms with Crippen LogP contribution >= 0.6 is 22.6 Å². The zero-order valence-electron chi connectivity index (χ0n) is 10.0. The molecule has 0 aromatic rings. The number of carbonyl (C=O) groups is 2. The first-order valence-corrected chi connectivity index (χ1v) is 6.46. The van der Waals surface area contributed by atoms with Crippen molar-refractivity contribution >= 4 is 34.7 Å². The maximum Gasteiger partial charge on any atom is 0.408 e. The van der Waals surface area contributed by atoms with Crippen molar-refractivity contribution in [2.24, 2.45) is 0 Å². The van der Waals surface area contributed by atoms with Crippen LogP contribution in [0.25, 0.3) is 0 Å². The Balaban J connectivity index is 4.29. The second kappa shape index (κ2) is 6.93. The van der Waals surface area contributed by atoms with Crippen LogP contribution < -0.4 is 5.32 Å². The largest absolute Gasteiger partial charge is 0.467 e. The predicted octanol–water partition coefficient (Wildman–Crippen LogP) is 1.88. The molecule has 1 atom stereocenters. The molecular formula is C10H18INO4. The van der Waals surface area contributed by atoms with Crippen LogP contribution in [-0.2, 0) is 14.3 Å². The minimum absolute atomic E-state index is 0.456. The highest BCUT2D eigenvalue weighted by Crippen LogP contribution is 2.08. The quantitative estimate of drug-likeness (QED) is 0.481. The first-order valence-electron chi connectivity index (χ1n) is 4.93. The standard InChI is InChI=1S/C10H18INO4/c1-10(2,3)16-9(14)12-7(5-6-11)8(13)15-4/h7H,5-6H2,1-4H3,(H,12,14). The molecule has 5 nitrogen and oxygen atoms in total. The van der Waals surface area contributed by atoms with Gasteiger partial charge in [0.15, 0.2) is 0 Å². The molecule has 0 aromatic heterocycles. The molecule has 0 bridgehead atoms. The van der Waals surface area contributed by atoms with Crippen molar-refractivity contribution in [3.8, 4) is 0 Å². The molecule has 6 heteroatoms. The molecule has 1 amide bonds. The van der Waals surface area contributed by atoms with Gasteiger partial charge in [-0.15, -0.1) is 0 Å². The van der Waals surface area contributed by atoms with Gasteiger partial charge in [0.1, 0.15) is 11.6 Å². The first kappa shape index (κ1) is 15.5. The van der Waals surface area contributed by atoms with Crippen LogP contribution in [0.1, 0.15) is 27.2 Å². The van der Waals surface area contributed by atoms with Crippen LogP contribution in [0.15, 0.2) is 0 Å². The molecule has 0 saturated heterocycles. The average Bonchev–Trinajstić information content (AvgIpc) is 2.13. The van der Waals surface area contributed by atoms with Crippen LogP contribution in [0.3, 0.4) is 0 Å². The number of nitrogens with one attached hydrogen (secondary N) is 1. The number of amides is 1. The number of hydrogen-bond donors (Lipinski definition) is 1. The minimum atomic E-state index is -0.642. The van der Waals surface area contributed by atoms with E-state index in [9.17, 15) is 9.59 Å². The summed E-state index contributed by atoms with van der Waals surface area (Å²) < 4.78 is 10.4. The third-order valence-electron chi connectivity index (χ3n) is 1.57. The summed E-state index contributed by atoms with van der Waals surface area (Å²) in [5, 5.41) is 2.48. The van der Waals surface area contributed by atoms with E-state index in [1.54, 1.807) is 20.8 Å². The smallest absolute Gasteiger partial charge is 0.408 e. The minimum Gasteiger partial charge on any atom is -0.467 e. The van der Waals surface area contributed by atoms with Gasteiger partial charge in [0, 0.05) is 4.43 Å². The van der Waals surface area contributed by atoms with Gasteiger partial charge >= 0.3 is 12.1 Å². The predicted molar refractivity (Wildman–Crippen MR) is 68.7 cm³/mol. The molecule has 0 saturated carbocycles. The summed E-state index contributed by atoms with van der Waals surface area (Å²) >= 11 is 2.13. The highest BCUT2D eigenvalue weighted by molar-refractivity contribution is 14.1. The first-order chi connectivity index (χ1) is 7.30. The van der Waals surface area contributed by atoms with E-state index >= 15 is 0 Å². The van der Waals surface area contributed by atoms with Crippen molar-refractivity contribution in [3.05, 3.63) is 0 Å². The lowest BCUT2D eigenvalue weighted by Crippen LogP contribution is -2.44. The maximum absolute atomic E-state index is 11.4. The van der Waals surface area contributed by atoms with Crippen molar-refractivity contribution in [2.75, 3.05) is 11.5 Å². The number of carbonyl (C=O) groups excluding carboxylic acids is 2. The summed E-state index contributed by atoms with van der Waals surface area (Å²) in [6.07, 6.45) is -0.0836. The van der Waals surface area contributed by atoms with Gasteiger partial charge in [-0.2, -0.15) is 0 Å². The number of alkyl carbamates (subject to hydrolysis) is 1. The molecule has 0 aromatic carbocycles. The van der Waals surface area contributed by atoms with Crippen LogP contribution in [0.5, 0.6) is 0 Å². The van der Waals surface area contributed by atoms with Crippen molar-refractivity contribution in [3.63, 3.8) is 0 Å². The van der Waals surface area contributed by atoms with E-state index in [4.69, 9.17) is 4.74 Å². The van der Waals surface area contributed by atoms with Gasteiger partial charge in [0.2, 0.25) is 0 Å². The topological polar surface area (TPSA) is 64.6 Å². The zero-order valence-corrected chi connectivity index (χ0v) is 12.2. The Bertz CT molecular complexity index is 250. The fraction of sp³-hybridized carbons (Fsp3) is 0.800. The molecular weight excluding hydrogens is 325 g/mol. The van der Waals surface area contributed by atoms with Crippen LogP contribution in [0, 0.1) is 0 Å². The Morgan fingerprint density at radius 1 is 1.38 bits per heavy atom. The lowest BCUT2D eigenvalue weighted by atomic mass is 10.2. The second-order valence-corrected chi connectivity index (χ2v) is 5.28. The molecule has 0 fully saturated rings. The molecule has 0 aliphatic rings. The molecule has 1 N–H and O–H groups in total. The molecule has 0 radical (unpaired) electrons. The molecule has 94 valence electrons. The van der Waals surface area contributed by atoms with E-state index in [1.807, 2.05) is 0 Å². The van der Waals surface area contributed by atoms with Gasteiger partial charge in [-0.05, 0) is 27.2 Å². The SMILES string of the molecule is COC(=O)C(CCI)NC(=O)OC(C)(C)C. The van der Waals surface area contributed by atoms with Crippen LogP contribution in [0.2, 0.25) is 0 Å². The molecule has 0 aliphatic carbocycles. The Morgan fingerprint density at radius 3 is 2.31 bits per heavy atom. The highest BCUT2D eigenvalue weighted by atomic mass is 127. The maximum atomic E-state index is 11.4. The number of halogens is 1. The van der Waals surface area contributed by atoms with Crippen molar-refractivity contribution in [1.29, 1.82) is 0 Å². The lowest BCUT2D eigenvalue weighted by molar-refractivity contribution is -0.143. The van der Waals surface area contributed by atoms with Gasteiger partial charge in [0.25, 0.3) is 0 Å². The Morgan fingerprint density at radius 2 is 1.94 bits per heavy atom. The van der Waals surface area contributed by atoms with E-state index in [0.717, 1.165) is 4.43 Å². The highest BCUT2D eigenvalue weighted by Gasteiger charge is 2.24. The Kier molecular flexibility index (Phi) is 6.70. The van der Waals surface area contributed by atoms with E-state index in [0.29, 0.717) is 6.42 Å². The van der Waals surface area contributed by atoms with Gasteiger partial charge < -0.3 is 14.8 Å². The Labute approximate surface area is 109 Å². The van der Waals surface area contributed by atoms with Crippen molar-refractivity contribution in [1.82, 2.24) is 5.32 Å². The van der Waals surface area contributed by atoms with Gasteiger partial charge in [0.05, 0.1) is 7.11 Å². The number of hydrogen-bond acceptors (Lipinski definition) is 4. The molecule has 0 spiro atoms. The van der Waals surface area contributed by atoms with Crippen molar-refractivity contribution < 1.29 is 19.1 Å². The van der Waals surface area contributed by atoms with E-state index in [2.05, 4.69) is 32.6 Å². The zero-order chi connectivity index (χ0) is 12.8. The summed E-state index contributed by atoms with van der Waals surface area (Å²) in [5.41, 5.74) is -0.574. The van der Waals surface area contributed by atoms with Gasteiger partial charge in [-0.1, -0.05) is 22.6 Å². The molecule has 0 rings (SSSR count). The summed E-state index contributed by atoms with van der Waals surface area (Å²) in [6, 6.07) is -0.642. The monoisotopic (exact) mass is 343 g/mol. The number of ether oxygens (including phenoxy) is 2. The van der Waals surface area contributed by atoms with Gasteiger partial charge in [-0.25, -0.2) is 9.59 Å². The lowest BCUT2D eigenvalue weighted by Gasteiger charge is -2.22. The van der Waals surface area contributed by atoms with Gasteiger partial charge in [-0.3, -0.25) is 0 Å². The van der Waals surface area contributed by atoms with E-state index in [1.165, 1.54) is 7.11 Å².